The quantitative estimate of drug-likeness (QED) is 0.204. The van der Waals surface area contributed by atoms with E-state index in [-0.39, 0.29) is 5.41 Å². The summed E-state index contributed by atoms with van der Waals surface area (Å²) in [6.45, 7) is 6.09. The first kappa shape index (κ1) is 19.3. The Labute approximate surface area is 159 Å². The molecule has 0 heterocycles. The Balaban J connectivity index is 0.000000758. The van der Waals surface area contributed by atoms with Gasteiger partial charge in [-0.2, -0.15) is 0 Å². The van der Waals surface area contributed by atoms with Crippen LogP contribution in [0, 0.1) is 0 Å². The lowest BCUT2D eigenvalue weighted by Crippen LogP contribution is -2.25. The van der Waals surface area contributed by atoms with Crippen molar-refractivity contribution in [2.75, 3.05) is 0 Å². The first-order valence-electron chi connectivity index (χ1n) is 8.09. The van der Waals surface area contributed by atoms with E-state index < -0.39 is 0 Å². The second-order valence-corrected chi connectivity index (χ2v) is 6.35. The van der Waals surface area contributed by atoms with E-state index in [0.717, 1.165) is 10.6 Å². The molecule has 0 fully saturated rings. The lowest BCUT2D eigenvalue weighted by Gasteiger charge is -2.32. The molecule has 0 radical (unpaired) electrons. The number of benzene rings is 3. The van der Waals surface area contributed by atoms with E-state index in [1.165, 1.54) is 21.6 Å². The average Bonchev–Trinajstić information content (AvgIpc) is 2.69. The highest BCUT2D eigenvalue weighted by molar-refractivity contribution is 6.30. The summed E-state index contributed by atoms with van der Waals surface area (Å²) in [6, 6.07) is 27.3. The predicted molar refractivity (Wildman–Crippen MR) is 110 cm³/mol. The molecule has 0 aliphatic carbocycles. The van der Waals surface area contributed by atoms with Crippen LogP contribution in [-0.4, -0.2) is 0 Å². The van der Waals surface area contributed by atoms with Gasteiger partial charge in [-0.25, -0.2) is 0 Å². The van der Waals surface area contributed by atoms with E-state index in [9.17, 15) is 0 Å². The minimum Gasteiger partial charge on any atom is -0.373 e. The Kier molecular flexibility index (Phi) is 6.62. The van der Waals surface area contributed by atoms with E-state index >= 15 is 0 Å². The largest absolute Gasteiger partial charge is 0.373 e. The van der Waals surface area contributed by atoms with Crippen molar-refractivity contribution < 1.29 is 0 Å². The minimum atomic E-state index is -0.231. The van der Waals surface area contributed by atoms with Crippen LogP contribution in [0.5, 0.6) is 0 Å². The number of hydrogen-bond acceptors (Lipinski definition) is 0. The molecule has 1 atom stereocenters. The molecule has 0 bridgehead atoms. The molecule has 3 rings (SSSR count). The van der Waals surface area contributed by atoms with Crippen molar-refractivity contribution in [2.24, 2.45) is 0 Å². The molecule has 0 aliphatic rings. The second kappa shape index (κ2) is 8.91. The van der Waals surface area contributed by atoms with Crippen LogP contribution in [0.1, 0.15) is 29.2 Å². The standard InChI is InChI=1S/C22H19Cl.N3/c1-3-17-9-11-19(12-10-17)22(2,18-7-5-4-6-8-18)20-13-15-21(23)16-14-20;1-3-2/h3-16H,1H2,2H3;/q;-1. The van der Waals surface area contributed by atoms with Crippen LogP contribution >= 0.6 is 11.6 Å². The zero-order valence-electron chi connectivity index (χ0n) is 14.5. The van der Waals surface area contributed by atoms with Gasteiger partial charge < -0.3 is 11.1 Å². The van der Waals surface area contributed by atoms with Gasteiger partial charge in [0.25, 0.3) is 0 Å². The number of halogens is 1. The third kappa shape index (κ3) is 4.15. The molecule has 3 nitrogen and oxygen atoms in total. The first-order valence-corrected chi connectivity index (χ1v) is 8.47. The molecule has 0 saturated carbocycles. The van der Waals surface area contributed by atoms with Gasteiger partial charge in [-0.15, -0.1) is 0 Å². The van der Waals surface area contributed by atoms with Crippen LogP contribution in [0.4, 0.5) is 0 Å². The van der Waals surface area contributed by atoms with E-state index in [2.05, 4.69) is 74.2 Å². The zero-order chi connectivity index (χ0) is 19.0. The van der Waals surface area contributed by atoms with Crippen LogP contribution in [0.3, 0.4) is 0 Å². The van der Waals surface area contributed by atoms with Gasteiger partial charge >= 0.3 is 0 Å². The topological polar surface area (TPSA) is 58.7 Å². The fourth-order valence-corrected chi connectivity index (χ4v) is 3.13. The van der Waals surface area contributed by atoms with Crippen LogP contribution in [0.2, 0.25) is 5.02 Å². The Morgan fingerprint density at radius 3 is 1.69 bits per heavy atom. The lowest BCUT2D eigenvalue weighted by atomic mass is 9.71. The molecule has 1 unspecified atom stereocenters. The van der Waals surface area contributed by atoms with Gasteiger partial charge in [0.2, 0.25) is 0 Å². The molecule has 3 aromatic carbocycles. The summed E-state index contributed by atoms with van der Waals surface area (Å²) in [5.41, 5.74) is 18.1. The molecule has 0 amide bonds. The van der Waals surface area contributed by atoms with Crippen molar-refractivity contribution in [1.29, 1.82) is 0 Å². The molecular formula is C22H19ClN3-. The van der Waals surface area contributed by atoms with Gasteiger partial charge in [0.15, 0.2) is 0 Å². The van der Waals surface area contributed by atoms with E-state index in [0.29, 0.717) is 0 Å². The van der Waals surface area contributed by atoms with Gasteiger partial charge in [0.1, 0.15) is 0 Å². The Bertz CT molecular complexity index is 881. The van der Waals surface area contributed by atoms with E-state index in [1.54, 1.807) is 0 Å². The number of nitrogens with zero attached hydrogens (tertiary/aromatic N) is 3. The summed E-state index contributed by atoms with van der Waals surface area (Å²) in [4.78, 5) is 1.50. The number of hydrogen-bond donors (Lipinski definition) is 0. The summed E-state index contributed by atoms with van der Waals surface area (Å²) in [5, 5.41) is 0.756. The molecule has 0 aliphatic heterocycles. The molecule has 0 aromatic heterocycles. The minimum absolute atomic E-state index is 0.231. The molecule has 4 heteroatoms. The summed E-state index contributed by atoms with van der Waals surface area (Å²) >= 11 is 6.08. The van der Waals surface area contributed by atoms with Gasteiger partial charge in [-0.3, -0.25) is 4.91 Å². The molecule has 130 valence electrons. The summed E-state index contributed by atoms with van der Waals surface area (Å²) in [7, 11) is 0. The van der Waals surface area contributed by atoms with E-state index in [4.69, 9.17) is 22.7 Å². The highest BCUT2D eigenvalue weighted by atomic mass is 35.5. The van der Waals surface area contributed by atoms with Crippen molar-refractivity contribution in [3.8, 4) is 0 Å². The van der Waals surface area contributed by atoms with Gasteiger partial charge in [-0.1, -0.05) is 91.0 Å². The number of rotatable bonds is 4. The maximum Gasteiger partial charge on any atom is 0.0423 e. The molecule has 0 spiro atoms. The maximum absolute atomic E-state index is 6.75. The van der Waals surface area contributed by atoms with Gasteiger partial charge in [-0.05, 0) is 41.3 Å². The van der Waals surface area contributed by atoms with Crippen molar-refractivity contribution in [3.63, 3.8) is 0 Å². The Morgan fingerprint density at radius 2 is 1.23 bits per heavy atom. The summed E-state index contributed by atoms with van der Waals surface area (Å²) in [5.74, 6) is 0. The van der Waals surface area contributed by atoms with Crippen LogP contribution in [0.25, 0.3) is 22.0 Å². The first-order chi connectivity index (χ1) is 12.6. The lowest BCUT2D eigenvalue weighted by molar-refractivity contribution is 0.692. The van der Waals surface area contributed by atoms with Crippen molar-refractivity contribution in [2.45, 2.75) is 12.3 Å². The predicted octanol–water partition coefficient (Wildman–Crippen LogP) is 7.20. The molecule has 3 aromatic rings. The monoisotopic (exact) mass is 360 g/mol. The summed E-state index contributed by atoms with van der Waals surface area (Å²) < 4.78 is 0. The highest BCUT2D eigenvalue weighted by Crippen LogP contribution is 2.39. The zero-order valence-corrected chi connectivity index (χ0v) is 15.3. The van der Waals surface area contributed by atoms with Crippen LogP contribution in [-0.2, 0) is 5.41 Å². The van der Waals surface area contributed by atoms with Crippen molar-refractivity contribution in [3.05, 3.63) is 129 Å². The fraction of sp³-hybridized carbons (Fsp3) is 0.0909. The van der Waals surface area contributed by atoms with Gasteiger partial charge in [0, 0.05) is 10.4 Å². The van der Waals surface area contributed by atoms with E-state index in [1.807, 2.05) is 24.3 Å². The van der Waals surface area contributed by atoms with Crippen molar-refractivity contribution >= 4 is 17.7 Å². The normalized spacial score (nSPS) is 12.1. The Hall–Kier alpha value is -3.00. The second-order valence-electron chi connectivity index (χ2n) is 5.91. The summed E-state index contributed by atoms with van der Waals surface area (Å²) in [6.07, 6.45) is 1.87. The maximum atomic E-state index is 6.75. The van der Waals surface area contributed by atoms with Crippen LogP contribution in [0.15, 0.2) is 85.4 Å². The smallest absolute Gasteiger partial charge is 0.0423 e. The molecule has 0 N–H and O–H groups in total. The fourth-order valence-electron chi connectivity index (χ4n) is 3.01. The third-order valence-corrected chi connectivity index (χ3v) is 4.75. The third-order valence-electron chi connectivity index (χ3n) is 4.50. The molecule has 26 heavy (non-hydrogen) atoms. The van der Waals surface area contributed by atoms with Gasteiger partial charge in [0.05, 0.1) is 0 Å². The SMILES string of the molecule is C=Cc1ccc(C(C)(c2ccccc2)c2ccc(Cl)cc2)cc1.[N-]=[N+]=[N-]. The highest BCUT2D eigenvalue weighted by Gasteiger charge is 2.30. The van der Waals surface area contributed by atoms with Crippen molar-refractivity contribution in [1.82, 2.24) is 0 Å². The molecular weight excluding hydrogens is 342 g/mol. The average molecular weight is 361 g/mol. The Morgan fingerprint density at radius 1 is 0.808 bits per heavy atom. The van der Waals surface area contributed by atoms with Crippen LogP contribution < -0.4 is 0 Å². The molecule has 0 saturated heterocycles.